The smallest absolute Gasteiger partial charge is 0.251 e. The van der Waals surface area contributed by atoms with Crippen molar-refractivity contribution in [1.29, 1.82) is 0 Å². The van der Waals surface area contributed by atoms with E-state index in [1.165, 1.54) is 6.07 Å². The molecule has 4 aromatic carbocycles. The SMILES string of the molecule is Cc1ccc(C(=O)[O-])c2c(C(=O)CCCc3ccccc3)ccc(C(=O)NCCc3ccccc3)c12. The largest absolute Gasteiger partial charge is 0.545 e. The average molecular weight is 479 g/mol. The highest BCUT2D eigenvalue weighted by Gasteiger charge is 2.20. The first kappa shape index (κ1) is 24.9. The van der Waals surface area contributed by atoms with Crippen molar-refractivity contribution in [1.82, 2.24) is 5.32 Å². The summed E-state index contributed by atoms with van der Waals surface area (Å²) in [5, 5.41) is 15.7. The van der Waals surface area contributed by atoms with Gasteiger partial charge in [0, 0.05) is 35.0 Å². The molecule has 0 fully saturated rings. The number of carboxylic acid groups (broad SMARTS) is 1. The van der Waals surface area contributed by atoms with E-state index in [-0.39, 0.29) is 29.1 Å². The molecule has 0 saturated carbocycles. The normalized spacial score (nSPS) is 10.8. The molecule has 5 nitrogen and oxygen atoms in total. The Kier molecular flexibility index (Phi) is 7.91. The average Bonchev–Trinajstić information content (AvgIpc) is 2.89. The summed E-state index contributed by atoms with van der Waals surface area (Å²) in [5.41, 5.74) is 3.54. The van der Waals surface area contributed by atoms with Crippen molar-refractivity contribution in [3.05, 3.63) is 118 Å². The topological polar surface area (TPSA) is 86.3 Å². The van der Waals surface area contributed by atoms with E-state index in [9.17, 15) is 19.5 Å². The number of nitrogens with one attached hydrogen (secondary N) is 1. The minimum atomic E-state index is -1.38. The van der Waals surface area contributed by atoms with Crippen molar-refractivity contribution in [2.24, 2.45) is 0 Å². The highest BCUT2D eigenvalue weighted by atomic mass is 16.4. The lowest BCUT2D eigenvalue weighted by Crippen LogP contribution is -2.27. The van der Waals surface area contributed by atoms with Crippen LogP contribution in [0.1, 0.15) is 60.6 Å². The van der Waals surface area contributed by atoms with Gasteiger partial charge in [0.15, 0.2) is 5.78 Å². The van der Waals surface area contributed by atoms with Crippen LogP contribution in [0.15, 0.2) is 84.9 Å². The van der Waals surface area contributed by atoms with E-state index in [4.69, 9.17) is 0 Å². The van der Waals surface area contributed by atoms with Crippen LogP contribution >= 0.6 is 0 Å². The van der Waals surface area contributed by atoms with Crippen molar-refractivity contribution in [3.63, 3.8) is 0 Å². The Morgan fingerprint density at radius 3 is 1.92 bits per heavy atom. The van der Waals surface area contributed by atoms with Crippen LogP contribution in [-0.4, -0.2) is 24.2 Å². The van der Waals surface area contributed by atoms with Crippen LogP contribution in [-0.2, 0) is 12.8 Å². The molecule has 0 unspecified atom stereocenters. The van der Waals surface area contributed by atoms with E-state index in [1.807, 2.05) is 67.6 Å². The summed E-state index contributed by atoms with van der Waals surface area (Å²) in [6.07, 6.45) is 2.33. The zero-order chi connectivity index (χ0) is 25.5. The second-order valence-electron chi connectivity index (χ2n) is 8.88. The molecule has 1 amide bonds. The number of ketones is 1. The number of rotatable bonds is 10. The standard InChI is InChI=1S/C31H29NO4/c1-21-15-16-26(31(35)36)29-24(27(33)14-8-13-22-9-4-2-5-10-22)17-18-25(28(21)29)30(34)32-20-19-23-11-6-3-7-12-23/h2-7,9-12,15-18H,8,13-14,19-20H2,1H3,(H,32,34)(H,35,36)/p-1. The van der Waals surface area contributed by atoms with Gasteiger partial charge in [0.05, 0.1) is 5.97 Å². The van der Waals surface area contributed by atoms with Gasteiger partial charge in [-0.15, -0.1) is 0 Å². The third-order valence-corrected chi connectivity index (χ3v) is 6.39. The summed E-state index contributed by atoms with van der Waals surface area (Å²) < 4.78 is 0. The van der Waals surface area contributed by atoms with Crippen molar-refractivity contribution < 1.29 is 19.5 Å². The molecule has 0 spiro atoms. The molecule has 182 valence electrons. The van der Waals surface area contributed by atoms with E-state index >= 15 is 0 Å². The molecule has 0 atom stereocenters. The van der Waals surface area contributed by atoms with Crippen LogP contribution in [0, 0.1) is 6.92 Å². The van der Waals surface area contributed by atoms with E-state index in [0.29, 0.717) is 35.9 Å². The van der Waals surface area contributed by atoms with Crippen molar-refractivity contribution in [3.8, 4) is 0 Å². The predicted molar refractivity (Wildman–Crippen MR) is 139 cm³/mol. The minimum Gasteiger partial charge on any atom is -0.545 e. The molecule has 0 saturated heterocycles. The molecule has 4 rings (SSSR count). The Bertz CT molecular complexity index is 1390. The molecular weight excluding hydrogens is 450 g/mol. The molecule has 5 heteroatoms. The van der Waals surface area contributed by atoms with Gasteiger partial charge in [0.25, 0.3) is 5.91 Å². The fourth-order valence-corrected chi connectivity index (χ4v) is 4.55. The predicted octanol–water partition coefficient (Wildman–Crippen LogP) is 4.69. The number of Topliss-reactive ketones (excluding diaryl/α,β-unsaturated/α-hetero) is 1. The van der Waals surface area contributed by atoms with Gasteiger partial charge >= 0.3 is 0 Å². The number of carbonyl (C=O) groups is 3. The monoisotopic (exact) mass is 478 g/mol. The quantitative estimate of drug-likeness (QED) is 0.335. The van der Waals surface area contributed by atoms with Gasteiger partial charge in [-0.25, -0.2) is 0 Å². The molecule has 0 aliphatic carbocycles. The molecule has 0 radical (unpaired) electrons. The molecular formula is C31H28NO4-. The zero-order valence-corrected chi connectivity index (χ0v) is 20.3. The van der Waals surface area contributed by atoms with E-state index in [1.54, 1.807) is 18.2 Å². The zero-order valence-electron chi connectivity index (χ0n) is 20.3. The lowest BCUT2D eigenvalue weighted by molar-refractivity contribution is -0.254. The molecule has 0 bridgehead atoms. The van der Waals surface area contributed by atoms with Gasteiger partial charge < -0.3 is 15.2 Å². The first-order chi connectivity index (χ1) is 17.5. The van der Waals surface area contributed by atoms with E-state index in [2.05, 4.69) is 5.32 Å². The Hall–Kier alpha value is -4.25. The molecule has 0 aliphatic heterocycles. The number of carboxylic acids is 1. The summed E-state index contributed by atoms with van der Waals surface area (Å²) in [4.78, 5) is 38.4. The van der Waals surface area contributed by atoms with Crippen LogP contribution < -0.4 is 10.4 Å². The van der Waals surface area contributed by atoms with E-state index in [0.717, 1.165) is 23.1 Å². The maximum absolute atomic E-state index is 13.2. The number of carbonyl (C=O) groups excluding carboxylic acids is 3. The molecule has 0 aliphatic rings. The van der Waals surface area contributed by atoms with Crippen LogP contribution in [0.3, 0.4) is 0 Å². The highest BCUT2D eigenvalue weighted by Crippen LogP contribution is 2.30. The molecule has 1 N–H and O–H groups in total. The van der Waals surface area contributed by atoms with Crippen molar-refractivity contribution >= 4 is 28.4 Å². The van der Waals surface area contributed by atoms with Gasteiger partial charge in [-0.2, -0.15) is 0 Å². The maximum Gasteiger partial charge on any atom is 0.251 e. The fourth-order valence-electron chi connectivity index (χ4n) is 4.55. The van der Waals surface area contributed by atoms with Gasteiger partial charge in [-0.05, 0) is 60.4 Å². The van der Waals surface area contributed by atoms with Crippen LogP contribution in [0.5, 0.6) is 0 Å². The van der Waals surface area contributed by atoms with E-state index < -0.39 is 5.97 Å². The summed E-state index contributed by atoms with van der Waals surface area (Å²) >= 11 is 0. The molecule has 4 aromatic rings. The summed E-state index contributed by atoms with van der Waals surface area (Å²) in [6.45, 7) is 2.25. The first-order valence-corrected chi connectivity index (χ1v) is 12.1. The lowest BCUT2D eigenvalue weighted by Gasteiger charge is -2.17. The third kappa shape index (κ3) is 5.69. The molecule has 36 heavy (non-hydrogen) atoms. The maximum atomic E-state index is 13.2. The Balaban J connectivity index is 1.61. The number of hydrogen-bond acceptors (Lipinski definition) is 4. The minimum absolute atomic E-state index is 0.0825. The lowest BCUT2D eigenvalue weighted by atomic mass is 9.89. The molecule has 0 heterocycles. The van der Waals surface area contributed by atoms with Crippen molar-refractivity contribution in [2.75, 3.05) is 6.54 Å². The van der Waals surface area contributed by atoms with Crippen LogP contribution in [0.4, 0.5) is 0 Å². The Morgan fingerprint density at radius 2 is 1.28 bits per heavy atom. The van der Waals surface area contributed by atoms with Gasteiger partial charge in [0.1, 0.15) is 0 Å². The number of aryl methyl sites for hydroxylation is 2. The van der Waals surface area contributed by atoms with Gasteiger partial charge in [-0.3, -0.25) is 9.59 Å². The summed E-state index contributed by atoms with van der Waals surface area (Å²) in [7, 11) is 0. The second-order valence-corrected chi connectivity index (χ2v) is 8.88. The number of benzene rings is 4. The van der Waals surface area contributed by atoms with Crippen molar-refractivity contribution in [2.45, 2.75) is 32.6 Å². The number of aromatic carboxylic acids is 1. The second kappa shape index (κ2) is 11.5. The first-order valence-electron chi connectivity index (χ1n) is 12.1. The Labute approximate surface area is 210 Å². The van der Waals surface area contributed by atoms with Gasteiger partial charge in [0.2, 0.25) is 0 Å². The number of fused-ring (bicyclic) bond motifs is 1. The van der Waals surface area contributed by atoms with Crippen LogP contribution in [0.2, 0.25) is 0 Å². The summed E-state index contributed by atoms with van der Waals surface area (Å²) in [5.74, 6) is -1.84. The Morgan fingerprint density at radius 1 is 0.694 bits per heavy atom. The van der Waals surface area contributed by atoms with Crippen LogP contribution in [0.25, 0.3) is 10.8 Å². The van der Waals surface area contributed by atoms with Gasteiger partial charge in [-0.1, -0.05) is 72.8 Å². The molecule has 0 aromatic heterocycles. The number of amides is 1. The number of hydrogen-bond donors (Lipinski definition) is 1. The summed E-state index contributed by atoms with van der Waals surface area (Å²) in [6, 6.07) is 26.0. The fraction of sp³-hybridized carbons (Fsp3) is 0.194. The third-order valence-electron chi connectivity index (χ3n) is 6.39. The highest BCUT2D eigenvalue weighted by molar-refractivity contribution is 6.20.